The Morgan fingerprint density at radius 2 is 1.93 bits per heavy atom. The first kappa shape index (κ1) is 19.3. The minimum Gasteiger partial charge on any atom is -0.480 e. The molecular weight excluding hydrogens is 387 g/mol. The molecule has 148 valence electrons. The molecule has 0 fully saturated rings. The van der Waals surface area contributed by atoms with Crippen LogP contribution < -0.4 is 4.74 Å². The SMILES string of the molecule is COc1nscc1-c1nc(Cc2cccc(F)c2)nn1-c1ccc(C(C)C)cc1. The summed E-state index contributed by atoms with van der Waals surface area (Å²) in [7, 11) is 1.59. The van der Waals surface area contributed by atoms with Gasteiger partial charge in [-0.3, -0.25) is 0 Å². The highest BCUT2D eigenvalue weighted by molar-refractivity contribution is 7.04. The molecule has 0 radical (unpaired) electrons. The van der Waals surface area contributed by atoms with Crippen LogP contribution in [0.1, 0.15) is 36.7 Å². The summed E-state index contributed by atoms with van der Waals surface area (Å²) in [6.45, 7) is 4.32. The van der Waals surface area contributed by atoms with Gasteiger partial charge >= 0.3 is 0 Å². The van der Waals surface area contributed by atoms with Gasteiger partial charge in [0, 0.05) is 11.8 Å². The van der Waals surface area contributed by atoms with Gasteiger partial charge in [-0.1, -0.05) is 38.1 Å². The number of hydrogen-bond donors (Lipinski definition) is 0. The quantitative estimate of drug-likeness (QED) is 0.437. The lowest BCUT2D eigenvalue weighted by atomic mass is 10.0. The van der Waals surface area contributed by atoms with E-state index in [0.29, 0.717) is 29.9 Å². The molecule has 0 unspecified atom stereocenters. The first-order chi connectivity index (χ1) is 14.0. The van der Waals surface area contributed by atoms with Crippen LogP contribution in [0.4, 0.5) is 4.39 Å². The van der Waals surface area contributed by atoms with Gasteiger partial charge in [0.2, 0.25) is 5.88 Å². The van der Waals surface area contributed by atoms with E-state index in [-0.39, 0.29) is 5.82 Å². The molecule has 0 aliphatic carbocycles. The minimum atomic E-state index is -0.268. The summed E-state index contributed by atoms with van der Waals surface area (Å²) in [6, 6.07) is 14.8. The van der Waals surface area contributed by atoms with Crippen molar-refractivity contribution in [3.63, 3.8) is 0 Å². The van der Waals surface area contributed by atoms with Crippen molar-refractivity contribution in [2.75, 3.05) is 7.11 Å². The van der Waals surface area contributed by atoms with Crippen molar-refractivity contribution in [2.45, 2.75) is 26.2 Å². The number of aromatic nitrogens is 4. The van der Waals surface area contributed by atoms with E-state index in [1.54, 1.807) is 17.9 Å². The zero-order valence-corrected chi connectivity index (χ0v) is 17.3. The fourth-order valence-electron chi connectivity index (χ4n) is 3.14. The average Bonchev–Trinajstić information content (AvgIpc) is 3.34. The van der Waals surface area contributed by atoms with E-state index in [4.69, 9.17) is 14.8 Å². The van der Waals surface area contributed by atoms with Crippen LogP contribution in [0.15, 0.2) is 53.9 Å². The van der Waals surface area contributed by atoms with Gasteiger partial charge in [-0.05, 0) is 52.8 Å². The Bertz CT molecular complexity index is 1120. The van der Waals surface area contributed by atoms with E-state index < -0.39 is 0 Å². The van der Waals surface area contributed by atoms with Crippen LogP contribution in [-0.2, 0) is 6.42 Å². The molecule has 4 aromatic rings. The van der Waals surface area contributed by atoms with Crippen LogP contribution >= 0.6 is 11.5 Å². The summed E-state index contributed by atoms with van der Waals surface area (Å²) in [5.74, 6) is 1.95. The lowest BCUT2D eigenvalue weighted by Gasteiger charge is -2.09. The topological polar surface area (TPSA) is 52.8 Å². The van der Waals surface area contributed by atoms with Crippen molar-refractivity contribution < 1.29 is 9.13 Å². The van der Waals surface area contributed by atoms with E-state index in [9.17, 15) is 4.39 Å². The van der Waals surface area contributed by atoms with Crippen LogP contribution in [0, 0.1) is 5.82 Å². The van der Waals surface area contributed by atoms with Crippen molar-refractivity contribution in [1.29, 1.82) is 0 Å². The Labute approximate surface area is 173 Å². The predicted molar refractivity (Wildman–Crippen MR) is 112 cm³/mol. The maximum absolute atomic E-state index is 13.6. The normalized spacial score (nSPS) is 11.2. The standard InChI is InChI=1S/C22H21FN4OS/c1-14(2)16-7-9-18(10-8-16)27-21(19-13-29-26-22(19)28-3)24-20(25-27)12-15-5-4-6-17(23)11-15/h4-11,13-14H,12H2,1-3H3. The third-order valence-electron chi connectivity index (χ3n) is 4.68. The fourth-order valence-corrected chi connectivity index (χ4v) is 3.77. The van der Waals surface area contributed by atoms with Gasteiger partial charge in [-0.25, -0.2) is 14.1 Å². The molecule has 0 atom stereocenters. The molecular formula is C22H21FN4OS. The molecule has 0 aliphatic heterocycles. The Morgan fingerprint density at radius 1 is 1.14 bits per heavy atom. The number of rotatable bonds is 6. The van der Waals surface area contributed by atoms with Crippen molar-refractivity contribution in [2.24, 2.45) is 0 Å². The van der Waals surface area contributed by atoms with Gasteiger partial charge in [0.15, 0.2) is 11.6 Å². The van der Waals surface area contributed by atoms with Crippen LogP contribution in [0.5, 0.6) is 5.88 Å². The summed E-state index contributed by atoms with van der Waals surface area (Å²) < 4.78 is 25.0. The average molecular weight is 409 g/mol. The van der Waals surface area contributed by atoms with Gasteiger partial charge in [0.1, 0.15) is 5.82 Å². The van der Waals surface area contributed by atoms with E-state index in [1.807, 2.05) is 23.6 Å². The van der Waals surface area contributed by atoms with Gasteiger partial charge in [-0.2, -0.15) is 9.47 Å². The van der Waals surface area contributed by atoms with Crippen molar-refractivity contribution in [3.8, 4) is 23.0 Å². The molecule has 0 saturated heterocycles. The van der Waals surface area contributed by atoms with Crippen molar-refractivity contribution in [3.05, 3.63) is 76.7 Å². The molecule has 2 heterocycles. The monoisotopic (exact) mass is 408 g/mol. The predicted octanol–water partition coefficient (Wildman–Crippen LogP) is 5.25. The third-order valence-corrected chi connectivity index (χ3v) is 5.29. The van der Waals surface area contributed by atoms with E-state index in [0.717, 1.165) is 16.8 Å². The molecule has 5 nitrogen and oxygen atoms in total. The Balaban J connectivity index is 1.78. The molecule has 0 N–H and O–H groups in total. The highest BCUT2D eigenvalue weighted by atomic mass is 32.1. The van der Waals surface area contributed by atoms with Gasteiger partial charge in [0.05, 0.1) is 18.4 Å². The van der Waals surface area contributed by atoms with Crippen LogP contribution in [0.3, 0.4) is 0 Å². The van der Waals surface area contributed by atoms with Crippen molar-refractivity contribution in [1.82, 2.24) is 19.1 Å². The molecule has 2 aromatic heterocycles. The zero-order valence-electron chi connectivity index (χ0n) is 16.5. The smallest absolute Gasteiger partial charge is 0.236 e. The second-order valence-electron chi connectivity index (χ2n) is 7.05. The molecule has 29 heavy (non-hydrogen) atoms. The van der Waals surface area contributed by atoms with Crippen LogP contribution in [0.25, 0.3) is 17.1 Å². The second-order valence-corrected chi connectivity index (χ2v) is 7.68. The minimum absolute atomic E-state index is 0.268. The van der Waals surface area contributed by atoms with E-state index >= 15 is 0 Å². The number of nitrogens with zero attached hydrogens (tertiary/aromatic N) is 4. The van der Waals surface area contributed by atoms with Crippen LogP contribution in [-0.4, -0.2) is 26.2 Å². The highest BCUT2D eigenvalue weighted by Gasteiger charge is 2.19. The maximum Gasteiger partial charge on any atom is 0.236 e. The molecule has 0 saturated carbocycles. The number of ether oxygens (including phenoxy) is 1. The number of benzene rings is 2. The van der Waals surface area contributed by atoms with Gasteiger partial charge in [-0.15, -0.1) is 0 Å². The molecule has 0 aliphatic rings. The first-order valence-electron chi connectivity index (χ1n) is 9.34. The Morgan fingerprint density at radius 3 is 2.62 bits per heavy atom. The summed E-state index contributed by atoms with van der Waals surface area (Å²) in [5, 5.41) is 6.61. The van der Waals surface area contributed by atoms with Crippen LogP contribution in [0.2, 0.25) is 0 Å². The van der Waals surface area contributed by atoms with Crippen molar-refractivity contribution >= 4 is 11.5 Å². The Kier molecular flexibility index (Phi) is 5.40. The maximum atomic E-state index is 13.6. The summed E-state index contributed by atoms with van der Waals surface area (Å²) in [6.07, 6.45) is 0.432. The molecule has 4 rings (SSSR count). The van der Waals surface area contributed by atoms with Gasteiger partial charge in [0.25, 0.3) is 0 Å². The molecule has 0 amide bonds. The molecule has 0 bridgehead atoms. The van der Waals surface area contributed by atoms with E-state index in [1.165, 1.54) is 29.2 Å². The summed E-state index contributed by atoms with van der Waals surface area (Å²) in [5.41, 5.74) is 3.75. The number of halogens is 1. The number of methoxy groups -OCH3 is 1. The van der Waals surface area contributed by atoms with E-state index in [2.05, 4.69) is 30.4 Å². The molecule has 0 spiro atoms. The lowest BCUT2D eigenvalue weighted by Crippen LogP contribution is -2.01. The summed E-state index contributed by atoms with van der Waals surface area (Å²) >= 11 is 1.31. The first-order valence-corrected chi connectivity index (χ1v) is 10.2. The second kappa shape index (κ2) is 8.13. The summed E-state index contributed by atoms with van der Waals surface area (Å²) in [4.78, 5) is 4.74. The highest BCUT2D eigenvalue weighted by Crippen LogP contribution is 2.31. The van der Waals surface area contributed by atoms with Gasteiger partial charge < -0.3 is 4.74 Å². The largest absolute Gasteiger partial charge is 0.480 e. The fraction of sp³-hybridized carbons (Fsp3) is 0.227. The lowest BCUT2D eigenvalue weighted by molar-refractivity contribution is 0.404. The Hall–Kier alpha value is -3.06. The molecule has 7 heteroatoms. The number of hydrogen-bond acceptors (Lipinski definition) is 5. The molecule has 2 aromatic carbocycles. The zero-order chi connectivity index (χ0) is 20.4. The third kappa shape index (κ3) is 4.05.